The summed E-state index contributed by atoms with van der Waals surface area (Å²) in [5.74, 6) is 0.228. The Morgan fingerprint density at radius 1 is 1.30 bits per heavy atom. The smallest absolute Gasteiger partial charge is 0.224 e. The predicted molar refractivity (Wildman–Crippen MR) is 86.5 cm³/mol. The van der Waals surface area contributed by atoms with Gasteiger partial charge in [-0.25, -0.2) is 4.98 Å². The normalized spacial score (nSPS) is 18.1. The van der Waals surface area contributed by atoms with Crippen molar-refractivity contribution < 1.29 is 4.79 Å². The fraction of sp³-hybridized carbons (Fsp3) is 0.529. The van der Waals surface area contributed by atoms with Gasteiger partial charge in [-0.15, -0.1) is 0 Å². The summed E-state index contributed by atoms with van der Waals surface area (Å²) in [4.78, 5) is 22.9. The lowest BCUT2D eigenvalue weighted by Crippen LogP contribution is -2.44. The zero-order valence-electron chi connectivity index (χ0n) is 13.3. The molecule has 1 atom stereocenters. The number of piperidine rings is 1. The van der Waals surface area contributed by atoms with Crippen LogP contribution >= 0.6 is 0 Å². The van der Waals surface area contributed by atoms with Crippen molar-refractivity contribution in [1.29, 1.82) is 0 Å². The summed E-state index contributed by atoms with van der Waals surface area (Å²) < 4.78 is 1.71. The first-order valence-corrected chi connectivity index (χ1v) is 8.35. The van der Waals surface area contributed by atoms with Crippen LogP contribution in [0.3, 0.4) is 0 Å². The van der Waals surface area contributed by atoms with Gasteiger partial charge in [0.05, 0.1) is 6.54 Å². The minimum Gasteiger partial charge on any atom is -0.340 e. The van der Waals surface area contributed by atoms with Crippen molar-refractivity contribution in [2.45, 2.75) is 51.1 Å². The number of aryl methyl sites for hydroxylation is 2. The Morgan fingerprint density at radius 3 is 3.04 bits per heavy atom. The van der Waals surface area contributed by atoms with Gasteiger partial charge in [0.15, 0.2) is 0 Å². The molecule has 3 rings (SSSR count). The number of carbonyl (C=O) groups is 1. The van der Waals surface area contributed by atoms with Gasteiger partial charge in [-0.2, -0.15) is 5.10 Å². The number of hydrogen-bond acceptors (Lipinski definition) is 4. The van der Waals surface area contributed by atoms with Crippen molar-refractivity contribution in [3.05, 3.63) is 42.7 Å². The van der Waals surface area contributed by atoms with Gasteiger partial charge in [-0.05, 0) is 44.2 Å². The highest BCUT2D eigenvalue weighted by atomic mass is 16.2. The molecule has 2 aromatic heterocycles. The zero-order chi connectivity index (χ0) is 15.9. The fourth-order valence-corrected chi connectivity index (χ4v) is 3.19. The summed E-state index contributed by atoms with van der Waals surface area (Å²) in [6.45, 7) is 1.48. The van der Waals surface area contributed by atoms with Crippen LogP contribution in [0.5, 0.6) is 0 Å². The summed E-state index contributed by atoms with van der Waals surface area (Å²) >= 11 is 0. The first-order valence-electron chi connectivity index (χ1n) is 8.35. The van der Waals surface area contributed by atoms with Gasteiger partial charge in [0, 0.05) is 30.9 Å². The standard InChI is InChI=1S/C17H23N5O/c23-17(9-12-21-14-18-13-20-21)22-11-4-2-6-16(22)8-7-15-5-1-3-10-19-15/h1,3,5,10,13-14,16H,2,4,6-9,11-12H2. The van der Waals surface area contributed by atoms with Crippen LogP contribution in [0, 0.1) is 0 Å². The molecule has 0 aliphatic carbocycles. The third-order valence-corrected chi connectivity index (χ3v) is 4.43. The summed E-state index contributed by atoms with van der Waals surface area (Å²) in [6.07, 6.45) is 10.8. The van der Waals surface area contributed by atoms with E-state index in [2.05, 4.69) is 26.0 Å². The number of carbonyl (C=O) groups excluding carboxylic acids is 1. The average Bonchev–Trinajstić information content (AvgIpc) is 3.12. The highest BCUT2D eigenvalue weighted by Crippen LogP contribution is 2.22. The van der Waals surface area contributed by atoms with Gasteiger partial charge < -0.3 is 4.90 Å². The maximum absolute atomic E-state index is 12.6. The molecule has 6 heteroatoms. The second-order valence-corrected chi connectivity index (χ2v) is 6.01. The van der Waals surface area contributed by atoms with E-state index in [1.165, 1.54) is 12.7 Å². The number of amides is 1. The summed E-state index contributed by atoms with van der Waals surface area (Å²) in [7, 11) is 0. The van der Waals surface area contributed by atoms with Gasteiger partial charge >= 0.3 is 0 Å². The van der Waals surface area contributed by atoms with Gasteiger partial charge in [0.1, 0.15) is 12.7 Å². The molecular weight excluding hydrogens is 290 g/mol. The lowest BCUT2D eigenvalue weighted by molar-refractivity contribution is -0.135. The SMILES string of the molecule is O=C(CCn1cncn1)N1CCCCC1CCc1ccccn1. The number of aromatic nitrogens is 4. The van der Waals surface area contributed by atoms with E-state index in [0.29, 0.717) is 19.0 Å². The maximum Gasteiger partial charge on any atom is 0.224 e. The van der Waals surface area contributed by atoms with E-state index in [1.54, 1.807) is 11.0 Å². The number of nitrogens with zero attached hydrogens (tertiary/aromatic N) is 5. The van der Waals surface area contributed by atoms with Crippen LogP contribution in [0.2, 0.25) is 0 Å². The largest absolute Gasteiger partial charge is 0.340 e. The van der Waals surface area contributed by atoms with Gasteiger partial charge in [-0.1, -0.05) is 6.07 Å². The molecule has 2 aromatic rings. The van der Waals surface area contributed by atoms with E-state index < -0.39 is 0 Å². The molecule has 0 N–H and O–H groups in total. The van der Waals surface area contributed by atoms with E-state index in [1.807, 2.05) is 18.3 Å². The summed E-state index contributed by atoms with van der Waals surface area (Å²) in [6, 6.07) is 6.35. The second kappa shape index (κ2) is 7.85. The molecule has 1 unspecified atom stereocenters. The average molecular weight is 313 g/mol. The maximum atomic E-state index is 12.6. The molecule has 122 valence electrons. The quantitative estimate of drug-likeness (QED) is 0.819. The minimum atomic E-state index is 0.228. The molecule has 1 saturated heterocycles. The third-order valence-electron chi connectivity index (χ3n) is 4.43. The number of pyridine rings is 1. The van der Waals surface area contributed by atoms with Gasteiger partial charge in [-0.3, -0.25) is 14.5 Å². The van der Waals surface area contributed by atoms with Crippen LogP contribution in [0.1, 0.15) is 37.8 Å². The topological polar surface area (TPSA) is 63.9 Å². The first-order chi connectivity index (χ1) is 11.3. The highest BCUT2D eigenvalue weighted by Gasteiger charge is 2.26. The highest BCUT2D eigenvalue weighted by molar-refractivity contribution is 5.76. The summed E-state index contributed by atoms with van der Waals surface area (Å²) in [5.41, 5.74) is 1.10. The minimum absolute atomic E-state index is 0.228. The van der Waals surface area contributed by atoms with Crippen LogP contribution in [0.4, 0.5) is 0 Å². The molecule has 0 saturated carbocycles. The van der Waals surface area contributed by atoms with E-state index in [9.17, 15) is 4.79 Å². The van der Waals surface area contributed by atoms with E-state index in [0.717, 1.165) is 37.9 Å². The lowest BCUT2D eigenvalue weighted by atomic mass is 9.96. The number of likely N-dealkylation sites (tertiary alicyclic amines) is 1. The van der Waals surface area contributed by atoms with Crippen LogP contribution in [-0.4, -0.2) is 43.1 Å². The van der Waals surface area contributed by atoms with Gasteiger partial charge in [0.25, 0.3) is 0 Å². The summed E-state index contributed by atoms with van der Waals surface area (Å²) in [5, 5.41) is 4.05. The molecule has 0 radical (unpaired) electrons. The van der Waals surface area contributed by atoms with Crippen molar-refractivity contribution in [1.82, 2.24) is 24.6 Å². The van der Waals surface area contributed by atoms with E-state index >= 15 is 0 Å². The predicted octanol–water partition coefficient (Wildman–Crippen LogP) is 2.08. The monoisotopic (exact) mass is 313 g/mol. The molecule has 1 aliphatic heterocycles. The molecule has 0 bridgehead atoms. The zero-order valence-corrected chi connectivity index (χ0v) is 13.3. The van der Waals surface area contributed by atoms with E-state index in [-0.39, 0.29) is 5.91 Å². The molecular formula is C17H23N5O. The molecule has 6 nitrogen and oxygen atoms in total. The third kappa shape index (κ3) is 4.37. The van der Waals surface area contributed by atoms with Crippen molar-refractivity contribution in [2.75, 3.05) is 6.54 Å². The Kier molecular flexibility index (Phi) is 5.34. The lowest BCUT2D eigenvalue weighted by Gasteiger charge is -2.36. The van der Waals surface area contributed by atoms with Crippen LogP contribution < -0.4 is 0 Å². The Hall–Kier alpha value is -2.24. The van der Waals surface area contributed by atoms with Crippen molar-refractivity contribution in [3.8, 4) is 0 Å². The van der Waals surface area contributed by atoms with Crippen LogP contribution in [0.25, 0.3) is 0 Å². The molecule has 0 aromatic carbocycles. The Labute approximate surface area is 136 Å². The van der Waals surface area contributed by atoms with Gasteiger partial charge in [0.2, 0.25) is 5.91 Å². The molecule has 0 spiro atoms. The molecule has 1 aliphatic rings. The van der Waals surface area contributed by atoms with Crippen molar-refractivity contribution >= 4 is 5.91 Å². The van der Waals surface area contributed by atoms with Crippen molar-refractivity contribution in [3.63, 3.8) is 0 Å². The fourth-order valence-electron chi connectivity index (χ4n) is 3.19. The Morgan fingerprint density at radius 2 is 2.26 bits per heavy atom. The first kappa shape index (κ1) is 15.6. The molecule has 23 heavy (non-hydrogen) atoms. The second-order valence-electron chi connectivity index (χ2n) is 6.01. The molecule has 3 heterocycles. The Balaban J connectivity index is 1.53. The van der Waals surface area contributed by atoms with Crippen molar-refractivity contribution in [2.24, 2.45) is 0 Å². The van der Waals surface area contributed by atoms with E-state index in [4.69, 9.17) is 0 Å². The number of rotatable bonds is 6. The van der Waals surface area contributed by atoms with Crippen LogP contribution in [-0.2, 0) is 17.8 Å². The molecule has 1 fully saturated rings. The Bertz CT molecular complexity index is 599. The molecule has 1 amide bonds. The number of hydrogen-bond donors (Lipinski definition) is 0. The van der Waals surface area contributed by atoms with Crippen LogP contribution in [0.15, 0.2) is 37.1 Å².